The third-order valence-electron chi connectivity index (χ3n) is 1.81. The van der Waals surface area contributed by atoms with Gasteiger partial charge in [-0.15, -0.1) is 0 Å². The molecular formula is C10H12F6O4. The van der Waals surface area contributed by atoms with Crippen LogP contribution in [0.3, 0.4) is 0 Å². The van der Waals surface area contributed by atoms with E-state index in [-0.39, 0.29) is 25.7 Å². The first-order chi connectivity index (χ1) is 8.99. The highest BCUT2D eigenvalue weighted by molar-refractivity contribution is 5.70. The lowest BCUT2D eigenvalue weighted by Crippen LogP contribution is -2.20. The van der Waals surface area contributed by atoms with Crippen molar-refractivity contribution in [3.63, 3.8) is 0 Å². The summed E-state index contributed by atoms with van der Waals surface area (Å²) in [4.78, 5) is 21.6. The summed E-state index contributed by atoms with van der Waals surface area (Å²) in [6.45, 7) is -3.39. The van der Waals surface area contributed by atoms with E-state index < -0.39 is 37.5 Å². The number of carbonyl (C=O) groups excluding carboxylic acids is 2. The molecule has 0 saturated heterocycles. The van der Waals surface area contributed by atoms with E-state index in [9.17, 15) is 35.9 Å². The van der Waals surface area contributed by atoms with Crippen LogP contribution in [0.4, 0.5) is 26.3 Å². The van der Waals surface area contributed by atoms with E-state index in [0.717, 1.165) is 0 Å². The van der Waals surface area contributed by atoms with Crippen molar-refractivity contribution in [2.45, 2.75) is 38.0 Å². The molecule has 0 N–H and O–H groups in total. The standard InChI is InChI=1S/C10H12F6O4/c11-9(12,13)5-19-7(17)3-1-2-4-8(18)20-6-10(14,15)16/h1-6H2. The van der Waals surface area contributed by atoms with Crippen LogP contribution in [-0.4, -0.2) is 37.5 Å². The SMILES string of the molecule is O=C(CCCCC(=O)OCC(F)(F)F)OCC(F)(F)F. The van der Waals surface area contributed by atoms with Gasteiger partial charge in [-0.3, -0.25) is 9.59 Å². The Labute approximate surface area is 110 Å². The summed E-state index contributed by atoms with van der Waals surface area (Å²) in [7, 11) is 0. The zero-order valence-corrected chi connectivity index (χ0v) is 10.1. The molecule has 0 radical (unpaired) electrons. The lowest BCUT2D eigenvalue weighted by Gasteiger charge is -2.08. The summed E-state index contributed by atoms with van der Waals surface area (Å²) < 4.78 is 77.7. The molecular weight excluding hydrogens is 298 g/mol. The van der Waals surface area contributed by atoms with E-state index in [4.69, 9.17) is 0 Å². The number of rotatable bonds is 7. The predicted octanol–water partition coefficient (Wildman–Crippen LogP) is 2.76. The first kappa shape index (κ1) is 18.5. The number of esters is 2. The minimum atomic E-state index is -4.61. The second kappa shape index (κ2) is 7.95. The maximum absolute atomic E-state index is 11.7. The average molecular weight is 310 g/mol. The smallest absolute Gasteiger partial charge is 0.422 e. The molecule has 0 aliphatic rings. The van der Waals surface area contributed by atoms with Gasteiger partial charge in [-0.05, 0) is 12.8 Å². The molecule has 0 aromatic heterocycles. The highest BCUT2D eigenvalue weighted by Gasteiger charge is 2.30. The minimum absolute atomic E-state index is 0.0117. The van der Waals surface area contributed by atoms with Crippen LogP contribution in [0.15, 0.2) is 0 Å². The molecule has 0 amide bonds. The highest BCUT2D eigenvalue weighted by Crippen LogP contribution is 2.16. The molecule has 0 rings (SSSR count). The van der Waals surface area contributed by atoms with Gasteiger partial charge in [0.05, 0.1) is 0 Å². The third kappa shape index (κ3) is 13.0. The molecule has 0 spiro atoms. The maximum atomic E-state index is 11.7. The Kier molecular flexibility index (Phi) is 7.36. The van der Waals surface area contributed by atoms with Crippen molar-refractivity contribution in [1.29, 1.82) is 0 Å². The van der Waals surface area contributed by atoms with Crippen molar-refractivity contribution >= 4 is 11.9 Å². The van der Waals surface area contributed by atoms with Crippen molar-refractivity contribution in [2.75, 3.05) is 13.2 Å². The summed E-state index contributed by atoms with van der Waals surface area (Å²) in [5.74, 6) is -2.18. The van der Waals surface area contributed by atoms with Crippen LogP contribution in [0, 0.1) is 0 Å². The Bertz CT molecular complexity index is 291. The van der Waals surface area contributed by atoms with Crippen molar-refractivity contribution in [3.05, 3.63) is 0 Å². The number of hydrogen-bond donors (Lipinski definition) is 0. The Morgan fingerprint density at radius 1 is 0.700 bits per heavy atom. The number of carbonyl (C=O) groups is 2. The second-order valence-electron chi connectivity index (χ2n) is 3.76. The van der Waals surface area contributed by atoms with Crippen LogP contribution in [-0.2, 0) is 19.1 Å². The molecule has 0 atom stereocenters. The molecule has 4 nitrogen and oxygen atoms in total. The largest absolute Gasteiger partial charge is 0.456 e. The zero-order chi connectivity index (χ0) is 15.8. The number of alkyl halides is 6. The van der Waals surface area contributed by atoms with Crippen molar-refractivity contribution < 1.29 is 45.4 Å². The molecule has 0 unspecified atom stereocenters. The van der Waals surface area contributed by atoms with Crippen molar-refractivity contribution in [3.8, 4) is 0 Å². The van der Waals surface area contributed by atoms with Crippen LogP contribution in [0.2, 0.25) is 0 Å². The topological polar surface area (TPSA) is 52.6 Å². The fourth-order valence-corrected chi connectivity index (χ4v) is 1.01. The average Bonchev–Trinajstić information content (AvgIpc) is 2.27. The quantitative estimate of drug-likeness (QED) is 0.412. The van der Waals surface area contributed by atoms with Crippen LogP contribution in [0.1, 0.15) is 25.7 Å². The number of halogens is 6. The Hall–Kier alpha value is -1.48. The summed E-state index contributed by atoms with van der Waals surface area (Å²) in [6.07, 6.45) is -9.92. The number of ether oxygens (including phenoxy) is 2. The number of hydrogen-bond acceptors (Lipinski definition) is 4. The van der Waals surface area contributed by atoms with Gasteiger partial charge >= 0.3 is 24.3 Å². The third-order valence-corrected chi connectivity index (χ3v) is 1.81. The van der Waals surface area contributed by atoms with Crippen molar-refractivity contribution in [2.24, 2.45) is 0 Å². The summed E-state index contributed by atoms with van der Waals surface area (Å²) in [5.41, 5.74) is 0. The van der Waals surface area contributed by atoms with Crippen LogP contribution in [0.25, 0.3) is 0 Å². The zero-order valence-electron chi connectivity index (χ0n) is 10.1. The minimum Gasteiger partial charge on any atom is -0.456 e. The monoisotopic (exact) mass is 310 g/mol. The highest BCUT2D eigenvalue weighted by atomic mass is 19.4. The molecule has 0 fully saturated rings. The molecule has 0 aromatic carbocycles. The first-order valence-electron chi connectivity index (χ1n) is 5.44. The summed E-state index contributed by atoms with van der Waals surface area (Å²) >= 11 is 0. The fourth-order valence-electron chi connectivity index (χ4n) is 1.01. The van der Waals surface area contributed by atoms with Gasteiger partial charge in [-0.25, -0.2) is 0 Å². The van der Waals surface area contributed by atoms with Gasteiger partial charge in [0.25, 0.3) is 0 Å². The lowest BCUT2D eigenvalue weighted by atomic mass is 10.2. The molecule has 0 saturated carbocycles. The second-order valence-corrected chi connectivity index (χ2v) is 3.76. The van der Waals surface area contributed by atoms with Gasteiger partial charge in [0.1, 0.15) is 0 Å². The van der Waals surface area contributed by atoms with E-state index in [1.807, 2.05) is 0 Å². The predicted molar refractivity (Wildman–Crippen MR) is 52.5 cm³/mol. The van der Waals surface area contributed by atoms with Gasteiger partial charge in [0.15, 0.2) is 13.2 Å². The molecule has 118 valence electrons. The van der Waals surface area contributed by atoms with Crippen LogP contribution >= 0.6 is 0 Å². The molecule has 0 aromatic rings. The van der Waals surface area contributed by atoms with Gasteiger partial charge in [0.2, 0.25) is 0 Å². The molecule has 0 aliphatic carbocycles. The fraction of sp³-hybridized carbons (Fsp3) is 0.800. The van der Waals surface area contributed by atoms with Gasteiger partial charge < -0.3 is 9.47 Å². The van der Waals surface area contributed by atoms with Crippen LogP contribution < -0.4 is 0 Å². The van der Waals surface area contributed by atoms with E-state index in [1.54, 1.807) is 0 Å². The Balaban J connectivity index is 3.61. The van der Waals surface area contributed by atoms with E-state index in [1.165, 1.54) is 0 Å². The lowest BCUT2D eigenvalue weighted by molar-refractivity contribution is -0.187. The van der Waals surface area contributed by atoms with E-state index in [0.29, 0.717) is 0 Å². The van der Waals surface area contributed by atoms with Gasteiger partial charge in [0, 0.05) is 12.8 Å². The Morgan fingerprint density at radius 3 is 1.25 bits per heavy atom. The molecule has 0 aliphatic heterocycles. The van der Waals surface area contributed by atoms with Gasteiger partial charge in [-0.1, -0.05) is 0 Å². The normalized spacial score (nSPS) is 12.1. The summed E-state index contributed by atoms with van der Waals surface area (Å²) in [6, 6.07) is 0. The molecule has 20 heavy (non-hydrogen) atoms. The van der Waals surface area contributed by atoms with E-state index in [2.05, 4.69) is 9.47 Å². The van der Waals surface area contributed by atoms with Crippen LogP contribution in [0.5, 0.6) is 0 Å². The maximum Gasteiger partial charge on any atom is 0.422 e. The van der Waals surface area contributed by atoms with Gasteiger partial charge in [-0.2, -0.15) is 26.3 Å². The first-order valence-corrected chi connectivity index (χ1v) is 5.44. The van der Waals surface area contributed by atoms with E-state index >= 15 is 0 Å². The molecule has 0 bridgehead atoms. The number of unbranched alkanes of at least 4 members (excludes halogenated alkanes) is 1. The summed E-state index contributed by atoms with van der Waals surface area (Å²) in [5, 5.41) is 0. The van der Waals surface area contributed by atoms with Crippen molar-refractivity contribution in [1.82, 2.24) is 0 Å². The molecule has 0 heterocycles. The molecule has 10 heteroatoms. The Morgan fingerprint density at radius 2 is 1.00 bits per heavy atom.